The summed E-state index contributed by atoms with van der Waals surface area (Å²) in [5, 5.41) is 38.5. The SMILES string of the molecule is NC(N)=NCCCC(NC(=O)C1CCCN1)C(=O)NC(Cc1ccc(O)cc1)C(=O)NC(CO)C(=O)O. The maximum absolute atomic E-state index is 13.3. The van der Waals surface area contributed by atoms with Crippen molar-refractivity contribution in [3.8, 4) is 5.75 Å². The van der Waals surface area contributed by atoms with Gasteiger partial charge in [-0.1, -0.05) is 12.1 Å². The average Bonchev–Trinajstić information content (AvgIpc) is 3.40. The third-order valence-electron chi connectivity index (χ3n) is 5.76. The van der Waals surface area contributed by atoms with E-state index in [4.69, 9.17) is 11.5 Å². The number of nitrogens with one attached hydrogen (secondary N) is 4. The molecule has 0 radical (unpaired) electrons. The Bertz CT molecular complexity index is 961. The number of hydrogen-bond acceptors (Lipinski definition) is 8. The van der Waals surface area contributed by atoms with Crippen LogP contribution in [-0.4, -0.2) is 88.8 Å². The van der Waals surface area contributed by atoms with E-state index in [1.165, 1.54) is 12.1 Å². The van der Waals surface area contributed by atoms with Gasteiger partial charge in [-0.05, 0) is 49.9 Å². The highest BCUT2D eigenvalue weighted by molar-refractivity contribution is 5.94. The molecule has 0 spiro atoms. The fourth-order valence-corrected chi connectivity index (χ4v) is 3.76. The molecule has 204 valence electrons. The first-order valence-corrected chi connectivity index (χ1v) is 11.9. The number of aromatic hydroxyl groups is 1. The molecule has 2 rings (SSSR count). The predicted molar refractivity (Wildman–Crippen MR) is 133 cm³/mol. The maximum Gasteiger partial charge on any atom is 0.328 e. The Hall–Kier alpha value is -3.91. The zero-order chi connectivity index (χ0) is 27.4. The van der Waals surface area contributed by atoms with Gasteiger partial charge in [0, 0.05) is 13.0 Å². The number of carboxylic acid groups (broad SMARTS) is 1. The number of phenols is 1. The third kappa shape index (κ3) is 9.93. The van der Waals surface area contributed by atoms with Crippen LogP contribution in [0.2, 0.25) is 0 Å². The van der Waals surface area contributed by atoms with Gasteiger partial charge in [0.25, 0.3) is 0 Å². The number of benzene rings is 1. The predicted octanol–water partition coefficient (Wildman–Crippen LogP) is -2.73. The number of aliphatic carboxylic acids is 1. The second kappa shape index (κ2) is 14.6. The maximum atomic E-state index is 13.3. The molecule has 1 fully saturated rings. The normalized spacial score (nSPS) is 17.2. The number of nitrogens with zero attached hydrogens (tertiary/aromatic N) is 1. The fraction of sp³-hybridized carbons (Fsp3) is 0.522. The molecule has 11 N–H and O–H groups in total. The molecule has 0 aliphatic carbocycles. The highest BCUT2D eigenvalue weighted by Crippen LogP contribution is 2.12. The molecule has 4 atom stereocenters. The van der Waals surface area contributed by atoms with Gasteiger partial charge in [-0.3, -0.25) is 19.4 Å². The lowest BCUT2D eigenvalue weighted by molar-refractivity contribution is -0.143. The third-order valence-corrected chi connectivity index (χ3v) is 5.76. The van der Waals surface area contributed by atoms with Gasteiger partial charge >= 0.3 is 5.97 Å². The molecule has 1 aromatic carbocycles. The van der Waals surface area contributed by atoms with Gasteiger partial charge in [0.1, 0.15) is 23.9 Å². The lowest BCUT2D eigenvalue weighted by atomic mass is 10.0. The summed E-state index contributed by atoms with van der Waals surface area (Å²) in [6.07, 6.45) is 1.92. The van der Waals surface area contributed by atoms with E-state index < -0.39 is 48.6 Å². The molecule has 4 unspecified atom stereocenters. The van der Waals surface area contributed by atoms with Crippen LogP contribution in [0.25, 0.3) is 0 Å². The zero-order valence-electron chi connectivity index (χ0n) is 20.4. The van der Waals surface area contributed by atoms with Crippen molar-refractivity contribution in [1.82, 2.24) is 21.3 Å². The van der Waals surface area contributed by atoms with Crippen LogP contribution < -0.4 is 32.7 Å². The van der Waals surface area contributed by atoms with E-state index >= 15 is 0 Å². The molecule has 1 aliphatic rings. The molecule has 0 bridgehead atoms. The number of carbonyl (C=O) groups excluding carboxylic acids is 3. The van der Waals surface area contributed by atoms with Gasteiger partial charge in [0.2, 0.25) is 17.7 Å². The highest BCUT2D eigenvalue weighted by atomic mass is 16.4. The van der Waals surface area contributed by atoms with E-state index in [0.717, 1.165) is 6.42 Å². The van der Waals surface area contributed by atoms with Gasteiger partial charge in [-0.15, -0.1) is 0 Å². The number of phenolic OH excluding ortho intramolecular Hbond substituents is 1. The van der Waals surface area contributed by atoms with Gasteiger partial charge in [-0.25, -0.2) is 4.79 Å². The number of amides is 3. The summed E-state index contributed by atoms with van der Waals surface area (Å²) >= 11 is 0. The van der Waals surface area contributed by atoms with Gasteiger partial charge < -0.3 is 48.1 Å². The number of guanidine groups is 1. The first kappa shape index (κ1) is 29.3. The second-order valence-corrected chi connectivity index (χ2v) is 8.67. The Kier molecular flexibility index (Phi) is 11.6. The quantitative estimate of drug-likeness (QED) is 0.0695. The number of carbonyl (C=O) groups is 4. The van der Waals surface area contributed by atoms with Crippen molar-refractivity contribution in [2.45, 2.75) is 56.3 Å². The molecule has 3 amide bonds. The Morgan fingerprint density at radius 1 is 1.03 bits per heavy atom. The average molecular weight is 522 g/mol. The van der Waals surface area contributed by atoms with Crippen molar-refractivity contribution in [1.29, 1.82) is 0 Å². The summed E-state index contributed by atoms with van der Waals surface area (Å²) in [5.74, 6) is -3.41. The van der Waals surface area contributed by atoms with Crippen LogP contribution in [0, 0.1) is 0 Å². The number of aliphatic hydroxyl groups is 1. The van der Waals surface area contributed by atoms with Crippen LogP contribution in [0.15, 0.2) is 29.3 Å². The van der Waals surface area contributed by atoms with Crippen molar-refractivity contribution in [2.24, 2.45) is 16.5 Å². The number of aliphatic imine (C=N–C) groups is 1. The molecule has 1 heterocycles. The number of aliphatic hydroxyl groups excluding tert-OH is 1. The topological polar surface area (TPSA) is 241 Å². The summed E-state index contributed by atoms with van der Waals surface area (Å²) in [6.45, 7) is 0.0562. The summed E-state index contributed by atoms with van der Waals surface area (Å²) in [6, 6.07) is 1.62. The van der Waals surface area contributed by atoms with Crippen LogP contribution >= 0.6 is 0 Å². The number of carboxylic acids is 1. The van der Waals surface area contributed by atoms with Crippen LogP contribution in [0.4, 0.5) is 0 Å². The zero-order valence-corrected chi connectivity index (χ0v) is 20.4. The second-order valence-electron chi connectivity index (χ2n) is 8.67. The Labute approximate surface area is 213 Å². The molecule has 0 aromatic heterocycles. The molecule has 14 nitrogen and oxygen atoms in total. The van der Waals surface area contributed by atoms with E-state index in [-0.39, 0.29) is 37.0 Å². The Balaban J connectivity index is 2.20. The van der Waals surface area contributed by atoms with Crippen molar-refractivity contribution < 1.29 is 34.5 Å². The van der Waals surface area contributed by atoms with Crippen LogP contribution in [0.1, 0.15) is 31.2 Å². The number of nitrogens with two attached hydrogens (primary N) is 2. The highest BCUT2D eigenvalue weighted by Gasteiger charge is 2.31. The van der Waals surface area contributed by atoms with Gasteiger partial charge in [0.05, 0.1) is 12.6 Å². The van der Waals surface area contributed by atoms with E-state index in [1.54, 1.807) is 12.1 Å². The summed E-state index contributed by atoms with van der Waals surface area (Å²) in [4.78, 5) is 54.0. The molecule has 14 heteroatoms. The number of rotatable bonds is 14. The minimum atomic E-state index is -1.57. The molecule has 1 aliphatic heterocycles. The van der Waals surface area contributed by atoms with E-state index in [9.17, 15) is 34.5 Å². The molecular weight excluding hydrogens is 486 g/mol. The number of hydrogen-bond donors (Lipinski definition) is 9. The van der Waals surface area contributed by atoms with Gasteiger partial charge in [0.15, 0.2) is 5.96 Å². The van der Waals surface area contributed by atoms with Crippen LogP contribution in [-0.2, 0) is 25.6 Å². The molecule has 1 saturated heterocycles. The lowest BCUT2D eigenvalue weighted by Crippen LogP contribution is -2.58. The standard InChI is InChI=1S/C23H35N7O7/c24-23(25)27-10-2-4-16(28-19(33)15-3-1-9-26-15)20(34)29-17(11-13-5-7-14(32)8-6-13)21(35)30-18(12-31)22(36)37/h5-8,15-18,26,31-32H,1-4,9-12H2,(H,28,33)(H,29,34)(H,30,35)(H,36,37)(H4,24,25,27). The van der Waals surface area contributed by atoms with Gasteiger partial charge in [-0.2, -0.15) is 0 Å². The molecule has 0 saturated carbocycles. The minimum Gasteiger partial charge on any atom is -0.508 e. The fourth-order valence-electron chi connectivity index (χ4n) is 3.76. The lowest BCUT2D eigenvalue weighted by Gasteiger charge is -2.25. The summed E-state index contributed by atoms with van der Waals surface area (Å²) in [7, 11) is 0. The Morgan fingerprint density at radius 2 is 1.68 bits per heavy atom. The smallest absolute Gasteiger partial charge is 0.328 e. The van der Waals surface area contributed by atoms with Crippen LogP contribution in [0.5, 0.6) is 5.75 Å². The summed E-state index contributed by atoms with van der Waals surface area (Å²) in [5.41, 5.74) is 11.2. The Morgan fingerprint density at radius 3 is 2.24 bits per heavy atom. The van der Waals surface area contributed by atoms with Crippen LogP contribution in [0.3, 0.4) is 0 Å². The molecular formula is C23H35N7O7. The first-order chi connectivity index (χ1) is 17.6. The van der Waals surface area contributed by atoms with Crippen molar-refractivity contribution in [3.05, 3.63) is 29.8 Å². The molecule has 1 aromatic rings. The van der Waals surface area contributed by atoms with Crippen molar-refractivity contribution in [2.75, 3.05) is 19.7 Å². The van der Waals surface area contributed by atoms with E-state index in [1.807, 2.05) is 0 Å². The monoisotopic (exact) mass is 521 g/mol. The summed E-state index contributed by atoms with van der Waals surface area (Å²) < 4.78 is 0. The minimum absolute atomic E-state index is 0.00378. The van der Waals surface area contributed by atoms with Crippen molar-refractivity contribution in [3.63, 3.8) is 0 Å². The first-order valence-electron chi connectivity index (χ1n) is 11.9. The molecule has 37 heavy (non-hydrogen) atoms. The van der Waals surface area contributed by atoms with E-state index in [0.29, 0.717) is 24.9 Å². The van der Waals surface area contributed by atoms with Crippen molar-refractivity contribution >= 4 is 29.7 Å². The van der Waals surface area contributed by atoms with E-state index in [2.05, 4.69) is 26.3 Å². The largest absolute Gasteiger partial charge is 0.508 e.